The average Bonchev–Trinajstić information content (AvgIpc) is 2.54. The molecule has 0 saturated carbocycles. The van der Waals surface area contributed by atoms with Crippen LogP contribution in [0.5, 0.6) is 23.0 Å². The van der Waals surface area contributed by atoms with Gasteiger partial charge in [0, 0.05) is 6.07 Å². The Bertz CT molecular complexity index is 706. The van der Waals surface area contributed by atoms with Crippen molar-refractivity contribution in [2.45, 2.75) is 13.8 Å². The Hall–Kier alpha value is -2.62. The van der Waals surface area contributed by atoms with E-state index in [0.717, 1.165) is 33.8 Å². The molecule has 0 spiro atoms. The van der Waals surface area contributed by atoms with Crippen LogP contribution in [0.2, 0.25) is 0 Å². The molecule has 2 aromatic carbocycles. The van der Waals surface area contributed by atoms with E-state index in [1.807, 2.05) is 38.1 Å². The number of rotatable bonds is 5. The van der Waals surface area contributed by atoms with Gasteiger partial charge in [-0.1, -0.05) is 11.6 Å². The standard InChI is InChI=1S/C19H22O4/c1-12(2)19(13-6-7-18(23-5)17(20)10-13)14-8-15(21-3)11-16(9-14)22-4/h6-11,20H,1-5H3. The fourth-order valence-electron chi connectivity index (χ4n) is 2.54. The van der Waals surface area contributed by atoms with Crippen LogP contribution in [0.15, 0.2) is 42.0 Å². The lowest BCUT2D eigenvalue weighted by Gasteiger charge is -2.15. The number of allylic oxidation sites excluding steroid dienone is 1. The lowest BCUT2D eigenvalue weighted by Crippen LogP contribution is -1.95. The van der Waals surface area contributed by atoms with Gasteiger partial charge in [0.2, 0.25) is 0 Å². The fourth-order valence-corrected chi connectivity index (χ4v) is 2.54. The number of aromatic hydroxyl groups is 1. The molecule has 2 rings (SSSR count). The van der Waals surface area contributed by atoms with Gasteiger partial charge in [0.15, 0.2) is 11.5 Å². The Morgan fingerprint density at radius 3 is 1.83 bits per heavy atom. The third kappa shape index (κ3) is 3.59. The summed E-state index contributed by atoms with van der Waals surface area (Å²) in [6, 6.07) is 11.1. The normalized spacial score (nSPS) is 10.1. The average molecular weight is 314 g/mol. The highest BCUT2D eigenvalue weighted by atomic mass is 16.5. The molecule has 4 nitrogen and oxygen atoms in total. The second kappa shape index (κ2) is 7.09. The summed E-state index contributed by atoms with van der Waals surface area (Å²) in [7, 11) is 4.78. The van der Waals surface area contributed by atoms with Crippen molar-refractivity contribution in [3.05, 3.63) is 53.1 Å². The minimum atomic E-state index is 0.110. The van der Waals surface area contributed by atoms with Crippen LogP contribution >= 0.6 is 0 Å². The number of hydrogen-bond donors (Lipinski definition) is 1. The molecular formula is C19H22O4. The zero-order chi connectivity index (χ0) is 17.0. The highest BCUT2D eigenvalue weighted by Crippen LogP contribution is 2.36. The number of phenolic OH excluding ortho intramolecular Hbond substituents is 1. The quantitative estimate of drug-likeness (QED) is 0.896. The molecule has 0 atom stereocenters. The van der Waals surface area contributed by atoms with Gasteiger partial charge in [-0.15, -0.1) is 0 Å². The molecule has 0 radical (unpaired) electrons. The Kier molecular flexibility index (Phi) is 5.16. The first kappa shape index (κ1) is 16.7. The van der Waals surface area contributed by atoms with Gasteiger partial charge in [0.25, 0.3) is 0 Å². The third-order valence-corrected chi connectivity index (χ3v) is 3.61. The smallest absolute Gasteiger partial charge is 0.160 e. The number of hydrogen-bond acceptors (Lipinski definition) is 4. The van der Waals surface area contributed by atoms with Crippen LogP contribution < -0.4 is 14.2 Å². The summed E-state index contributed by atoms with van der Waals surface area (Å²) in [6.07, 6.45) is 0. The number of methoxy groups -OCH3 is 3. The number of ether oxygens (including phenoxy) is 3. The summed E-state index contributed by atoms with van der Waals surface area (Å²) in [5.41, 5.74) is 3.99. The molecule has 0 aliphatic heterocycles. The molecule has 122 valence electrons. The molecule has 0 fully saturated rings. The predicted molar refractivity (Wildman–Crippen MR) is 91.6 cm³/mol. The van der Waals surface area contributed by atoms with E-state index >= 15 is 0 Å². The first-order chi connectivity index (χ1) is 11.0. The first-order valence-corrected chi connectivity index (χ1v) is 7.28. The van der Waals surface area contributed by atoms with Gasteiger partial charge in [0.1, 0.15) is 11.5 Å². The molecule has 0 aliphatic carbocycles. The van der Waals surface area contributed by atoms with Gasteiger partial charge in [-0.05, 0) is 54.8 Å². The second-order valence-electron chi connectivity index (χ2n) is 5.36. The molecule has 2 aromatic rings. The summed E-state index contributed by atoms with van der Waals surface area (Å²) in [5.74, 6) is 2.00. The van der Waals surface area contributed by atoms with Crippen molar-refractivity contribution in [3.63, 3.8) is 0 Å². The molecule has 0 saturated heterocycles. The third-order valence-electron chi connectivity index (χ3n) is 3.61. The van der Waals surface area contributed by atoms with E-state index in [1.54, 1.807) is 26.4 Å². The maximum absolute atomic E-state index is 10.1. The zero-order valence-electron chi connectivity index (χ0n) is 14.1. The van der Waals surface area contributed by atoms with Crippen LogP contribution in [-0.4, -0.2) is 26.4 Å². The summed E-state index contributed by atoms with van der Waals surface area (Å²) in [6.45, 7) is 4.06. The van der Waals surface area contributed by atoms with E-state index in [0.29, 0.717) is 5.75 Å². The Balaban J connectivity index is 2.61. The topological polar surface area (TPSA) is 47.9 Å². The van der Waals surface area contributed by atoms with Crippen molar-refractivity contribution in [2.75, 3.05) is 21.3 Å². The molecule has 4 heteroatoms. The fraction of sp³-hybridized carbons (Fsp3) is 0.263. The van der Waals surface area contributed by atoms with Gasteiger partial charge >= 0.3 is 0 Å². The van der Waals surface area contributed by atoms with E-state index < -0.39 is 0 Å². The molecule has 1 N–H and O–H groups in total. The monoisotopic (exact) mass is 314 g/mol. The van der Waals surface area contributed by atoms with Crippen LogP contribution in [0.4, 0.5) is 0 Å². The van der Waals surface area contributed by atoms with E-state index in [9.17, 15) is 5.11 Å². The number of benzene rings is 2. The van der Waals surface area contributed by atoms with Crippen LogP contribution in [-0.2, 0) is 0 Å². The Morgan fingerprint density at radius 2 is 1.39 bits per heavy atom. The minimum absolute atomic E-state index is 0.110. The largest absolute Gasteiger partial charge is 0.504 e. The van der Waals surface area contributed by atoms with Crippen molar-refractivity contribution in [1.82, 2.24) is 0 Å². The maximum atomic E-state index is 10.1. The lowest BCUT2D eigenvalue weighted by molar-refractivity contribution is 0.373. The summed E-state index contributed by atoms with van der Waals surface area (Å²) in [4.78, 5) is 0. The van der Waals surface area contributed by atoms with Crippen LogP contribution in [0.3, 0.4) is 0 Å². The molecule has 23 heavy (non-hydrogen) atoms. The maximum Gasteiger partial charge on any atom is 0.160 e. The van der Waals surface area contributed by atoms with Crippen molar-refractivity contribution in [3.8, 4) is 23.0 Å². The molecule has 0 aromatic heterocycles. The second-order valence-corrected chi connectivity index (χ2v) is 5.36. The van der Waals surface area contributed by atoms with Gasteiger partial charge in [0.05, 0.1) is 21.3 Å². The van der Waals surface area contributed by atoms with E-state index in [2.05, 4.69) is 0 Å². The van der Waals surface area contributed by atoms with E-state index in [4.69, 9.17) is 14.2 Å². The SMILES string of the molecule is COc1cc(OC)cc(C(=C(C)C)c2ccc(OC)c(O)c2)c1. The summed E-state index contributed by atoms with van der Waals surface area (Å²) in [5, 5.41) is 10.1. The molecular weight excluding hydrogens is 292 g/mol. The zero-order valence-corrected chi connectivity index (χ0v) is 14.1. The van der Waals surface area contributed by atoms with Gasteiger partial charge in [-0.3, -0.25) is 0 Å². The van der Waals surface area contributed by atoms with Crippen molar-refractivity contribution < 1.29 is 19.3 Å². The summed E-state index contributed by atoms with van der Waals surface area (Å²) >= 11 is 0. The summed E-state index contributed by atoms with van der Waals surface area (Å²) < 4.78 is 15.8. The van der Waals surface area contributed by atoms with E-state index in [-0.39, 0.29) is 5.75 Å². The highest BCUT2D eigenvalue weighted by molar-refractivity contribution is 5.83. The van der Waals surface area contributed by atoms with E-state index in [1.165, 1.54) is 7.11 Å². The molecule has 0 aliphatic rings. The van der Waals surface area contributed by atoms with Gasteiger partial charge in [-0.2, -0.15) is 0 Å². The van der Waals surface area contributed by atoms with Crippen molar-refractivity contribution in [1.29, 1.82) is 0 Å². The van der Waals surface area contributed by atoms with Gasteiger partial charge in [-0.25, -0.2) is 0 Å². The lowest BCUT2D eigenvalue weighted by atomic mass is 9.93. The minimum Gasteiger partial charge on any atom is -0.504 e. The predicted octanol–water partition coefficient (Wildman–Crippen LogP) is 4.26. The number of phenols is 1. The molecule has 0 bridgehead atoms. The molecule has 0 heterocycles. The van der Waals surface area contributed by atoms with Crippen LogP contribution in [0, 0.1) is 0 Å². The Morgan fingerprint density at radius 1 is 0.783 bits per heavy atom. The molecule has 0 unspecified atom stereocenters. The van der Waals surface area contributed by atoms with Crippen LogP contribution in [0.1, 0.15) is 25.0 Å². The highest BCUT2D eigenvalue weighted by Gasteiger charge is 2.13. The Labute approximate surface area is 136 Å². The van der Waals surface area contributed by atoms with Crippen molar-refractivity contribution >= 4 is 5.57 Å². The molecule has 0 amide bonds. The first-order valence-electron chi connectivity index (χ1n) is 7.28. The van der Waals surface area contributed by atoms with Crippen molar-refractivity contribution in [2.24, 2.45) is 0 Å². The van der Waals surface area contributed by atoms with Gasteiger partial charge < -0.3 is 19.3 Å². The van der Waals surface area contributed by atoms with Crippen LogP contribution in [0.25, 0.3) is 5.57 Å².